The monoisotopic (exact) mass is 495 g/mol. The summed E-state index contributed by atoms with van der Waals surface area (Å²) in [6.45, 7) is 2.42. The molecule has 1 amide bonds. The van der Waals surface area contributed by atoms with Crippen LogP contribution in [0.1, 0.15) is 18.4 Å². The van der Waals surface area contributed by atoms with E-state index in [0.717, 1.165) is 5.56 Å². The molecule has 2 aromatic carbocycles. The molecule has 1 unspecified atom stereocenters. The quantitative estimate of drug-likeness (QED) is 0.509. The van der Waals surface area contributed by atoms with Gasteiger partial charge in [0, 0.05) is 26.2 Å². The Morgan fingerprint density at radius 1 is 1.00 bits per heavy atom. The number of carbonyl (C=O) groups is 1. The highest BCUT2D eigenvalue weighted by molar-refractivity contribution is 7.89. The summed E-state index contributed by atoms with van der Waals surface area (Å²) in [5.74, 6) is -0.234. The summed E-state index contributed by atoms with van der Waals surface area (Å²) in [6, 6.07) is 12.6. The topological polar surface area (TPSA) is 122 Å². The smallest absolute Gasteiger partial charge is 0.243 e. The highest BCUT2D eigenvalue weighted by atomic mass is 32.2. The predicted octanol–water partition coefficient (Wildman–Crippen LogP) is 1.50. The summed E-state index contributed by atoms with van der Waals surface area (Å²) in [7, 11) is -5.88. The zero-order chi connectivity index (χ0) is 24.1. The van der Waals surface area contributed by atoms with E-state index in [1.54, 1.807) is 24.3 Å². The SMILES string of the molecule is COc1ccc(S(=O)(=O)N2CCCC(C(=O)NCCNS(=O)(=O)c3ccc(C)cc3)C2)cc1. The predicted molar refractivity (Wildman–Crippen MR) is 124 cm³/mol. The number of carbonyl (C=O) groups excluding carboxylic acids is 1. The second-order valence-corrected chi connectivity index (χ2v) is 11.6. The van der Waals surface area contributed by atoms with Crippen LogP contribution in [-0.4, -0.2) is 60.3 Å². The zero-order valence-electron chi connectivity index (χ0n) is 18.7. The highest BCUT2D eigenvalue weighted by Gasteiger charge is 2.33. The van der Waals surface area contributed by atoms with Gasteiger partial charge in [0.15, 0.2) is 0 Å². The van der Waals surface area contributed by atoms with E-state index in [4.69, 9.17) is 4.74 Å². The maximum absolute atomic E-state index is 13.0. The van der Waals surface area contributed by atoms with Crippen LogP contribution in [0.2, 0.25) is 0 Å². The lowest BCUT2D eigenvalue weighted by atomic mass is 9.99. The van der Waals surface area contributed by atoms with Crippen LogP contribution >= 0.6 is 0 Å². The summed E-state index contributed by atoms with van der Waals surface area (Å²) in [5.41, 5.74) is 0.955. The molecule has 0 spiro atoms. The molecule has 3 rings (SSSR count). The molecule has 180 valence electrons. The van der Waals surface area contributed by atoms with E-state index < -0.39 is 26.0 Å². The lowest BCUT2D eigenvalue weighted by Gasteiger charge is -2.31. The van der Waals surface area contributed by atoms with Gasteiger partial charge in [0.25, 0.3) is 0 Å². The molecule has 1 aliphatic heterocycles. The van der Waals surface area contributed by atoms with Gasteiger partial charge in [0.2, 0.25) is 26.0 Å². The number of hydrogen-bond donors (Lipinski definition) is 2. The number of ether oxygens (including phenoxy) is 1. The first kappa shape index (κ1) is 25.2. The number of benzene rings is 2. The van der Waals surface area contributed by atoms with Crippen molar-refractivity contribution in [1.29, 1.82) is 0 Å². The summed E-state index contributed by atoms with van der Waals surface area (Å²) >= 11 is 0. The van der Waals surface area contributed by atoms with Crippen molar-refractivity contribution in [2.75, 3.05) is 33.3 Å². The molecular formula is C22H29N3O6S2. The number of aryl methyl sites for hydroxylation is 1. The Balaban J connectivity index is 1.52. The lowest BCUT2D eigenvalue weighted by Crippen LogP contribution is -2.46. The van der Waals surface area contributed by atoms with Crippen LogP contribution in [-0.2, 0) is 24.8 Å². The summed E-state index contributed by atoms with van der Waals surface area (Å²) in [5, 5.41) is 2.71. The molecule has 1 heterocycles. The minimum absolute atomic E-state index is 0.0303. The number of piperidine rings is 1. The van der Waals surface area contributed by atoms with E-state index in [9.17, 15) is 21.6 Å². The molecule has 0 aliphatic carbocycles. The van der Waals surface area contributed by atoms with Crippen molar-refractivity contribution in [2.24, 2.45) is 5.92 Å². The van der Waals surface area contributed by atoms with E-state index in [1.165, 1.54) is 35.7 Å². The largest absolute Gasteiger partial charge is 0.497 e. The number of hydrogen-bond acceptors (Lipinski definition) is 6. The molecule has 2 N–H and O–H groups in total. The number of rotatable bonds is 9. The van der Waals surface area contributed by atoms with Crippen molar-refractivity contribution in [3.63, 3.8) is 0 Å². The van der Waals surface area contributed by atoms with Gasteiger partial charge in [0.1, 0.15) is 5.75 Å². The highest BCUT2D eigenvalue weighted by Crippen LogP contribution is 2.25. The molecule has 9 nitrogen and oxygen atoms in total. The molecule has 0 aromatic heterocycles. The van der Waals surface area contributed by atoms with Crippen molar-refractivity contribution in [3.8, 4) is 5.75 Å². The first-order chi connectivity index (χ1) is 15.6. The fourth-order valence-electron chi connectivity index (χ4n) is 3.59. The Morgan fingerprint density at radius 3 is 2.27 bits per heavy atom. The molecule has 1 aliphatic rings. The fourth-order valence-corrected chi connectivity index (χ4v) is 6.14. The van der Waals surface area contributed by atoms with E-state index in [1.807, 2.05) is 6.92 Å². The maximum Gasteiger partial charge on any atom is 0.243 e. The summed E-state index contributed by atoms with van der Waals surface area (Å²) in [4.78, 5) is 12.9. The normalized spacial score (nSPS) is 17.5. The van der Waals surface area contributed by atoms with Gasteiger partial charge < -0.3 is 10.1 Å². The molecule has 1 fully saturated rings. The minimum Gasteiger partial charge on any atom is -0.497 e. The Labute approximate surface area is 195 Å². The van der Waals surface area contributed by atoms with Gasteiger partial charge in [-0.1, -0.05) is 17.7 Å². The number of nitrogens with one attached hydrogen (secondary N) is 2. The zero-order valence-corrected chi connectivity index (χ0v) is 20.3. The van der Waals surface area contributed by atoms with Crippen molar-refractivity contribution in [1.82, 2.24) is 14.3 Å². The van der Waals surface area contributed by atoms with Crippen molar-refractivity contribution in [3.05, 3.63) is 54.1 Å². The van der Waals surface area contributed by atoms with Gasteiger partial charge in [-0.25, -0.2) is 21.6 Å². The number of nitrogens with zero attached hydrogens (tertiary/aromatic N) is 1. The van der Waals surface area contributed by atoms with Crippen molar-refractivity contribution >= 4 is 26.0 Å². The standard InChI is InChI=1S/C22H29N3O6S2/c1-17-5-9-20(10-6-17)32(27,28)24-14-13-23-22(26)18-4-3-15-25(16-18)33(29,30)21-11-7-19(31-2)8-12-21/h5-12,18,24H,3-4,13-16H2,1-2H3,(H,23,26). The van der Waals surface area contributed by atoms with Crippen LogP contribution < -0.4 is 14.8 Å². The molecule has 0 radical (unpaired) electrons. The average Bonchev–Trinajstić information content (AvgIpc) is 2.82. The minimum atomic E-state index is -3.73. The van der Waals surface area contributed by atoms with Gasteiger partial charge in [0.05, 0.1) is 22.8 Å². The third-order valence-electron chi connectivity index (χ3n) is 5.50. The second kappa shape index (κ2) is 10.6. The Kier molecular flexibility index (Phi) is 8.11. The lowest BCUT2D eigenvalue weighted by molar-refractivity contribution is -0.126. The van der Waals surface area contributed by atoms with Crippen LogP contribution in [0.3, 0.4) is 0 Å². The Hall–Kier alpha value is -2.47. The Bertz CT molecular complexity index is 1160. The van der Waals surface area contributed by atoms with Gasteiger partial charge >= 0.3 is 0 Å². The van der Waals surface area contributed by atoms with Crippen LogP contribution in [0.25, 0.3) is 0 Å². The fraction of sp³-hybridized carbons (Fsp3) is 0.409. The van der Waals surface area contributed by atoms with E-state index >= 15 is 0 Å². The molecule has 1 saturated heterocycles. The molecular weight excluding hydrogens is 466 g/mol. The van der Waals surface area contributed by atoms with Gasteiger partial charge in [-0.15, -0.1) is 0 Å². The number of sulfonamides is 2. The van der Waals surface area contributed by atoms with E-state index in [2.05, 4.69) is 10.0 Å². The van der Waals surface area contributed by atoms with Crippen molar-refractivity contribution < 1.29 is 26.4 Å². The summed E-state index contributed by atoms with van der Waals surface area (Å²) in [6.07, 6.45) is 1.13. The maximum atomic E-state index is 13.0. The number of amides is 1. The van der Waals surface area contributed by atoms with Crippen LogP contribution in [0.15, 0.2) is 58.3 Å². The van der Waals surface area contributed by atoms with Crippen LogP contribution in [0, 0.1) is 12.8 Å². The van der Waals surface area contributed by atoms with Gasteiger partial charge in [-0.3, -0.25) is 4.79 Å². The molecule has 0 saturated carbocycles. The first-order valence-electron chi connectivity index (χ1n) is 10.6. The average molecular weight is 496 g/mol. The molecule has 2 aromatic rings. The first-order valence-corrected chi connectivity index (χ1v) is 13.5. The summed E-state index contributed by atoms with van der Waals surface area (Å²) < 4.78 is 59.4. The van der Waals surface area contributed by atoms with E-state index in [-0.39, 0.29) is 35.3 Å². The van der Waals surface area contributed by atoms with Crippen molar-refractivity contribution in [2.45, 2.75) is 29.6 Å². The van der Waals surface area contributed by atoms with Crippen LogP contribution in [0.4, 0.5) is 0 Å². The number of methoxy groups -OCH3 is 1. The molecule has 11 heteroatoms. The third kappa shape index (κ3) is 6.32. The molecule has 33 heavy (non-hydrogen) atoms. The molecule has 0 bridgehead atoms. The Morgan fingerprint density at radius 2 is 1.64 bits per heavy atom. The molecule has 1 atom stereocenters. The second-order valence-electron chi connectivity index (χ2n) is 7.88. The van der Waals surface area contributed by atoms with E-state index in [0.29, 0.717) is 25.1 Å². The van der Waals surface area contributed by atoms with Gasteiger partial charge in [-0.05, 0) is 56.2 Å². The van der Waals surface area contributed by atoms with Crippen LogP contribution in [0.5, 0.6) is 5.75 Å². The van der Waals surface area contributed by atoms with Gasteiger partial charge in [-0.2, -0.15) is 4.31 Å². The third-order valence-corrected chi connectivity index (χ3v) is 8.86.